The molecule has 6 heteroatoms. The van der Waals surface area contributed by atoms with E-state index in [-0.39, 0.29) is 12.5 Å². The van der Waals surface area contributed by atoms with Gasteiger partial charge in [-0.25, -0.2) is 4.79 Å². The van der Waals surface area contributed by atoms with E-state index >= 15 is 0 Å². The maximum Gasteiger partial charge on any atom is 0.314 e. The summed E-state index contributed by atoms with van der Waals surface area (Å²) < 4.78 is 0. The molecule has 3 N–H and O–H groups in total. The fraction of sp³-hybridized carbons (Fsp3) is 0.846. The lowest BCUT2D eigenvalue weighted by atomic mass is 10.0. The van der Waals surface area contributed by atoms with Crippen LogP contribution < -0.4 is 10.6 Å². The summed E-state index contributed by atoms with van der Waals surface area (Å²) in [6.45, 7) is 5.21. The van der Waals surface area contributed by atoms with Gasteiger partial charge in [0.05, 0.1) is 0 Å². The number of hydrogen-bond acceptors (Lipinski definition) is 3. The molecule has 0 fully saturated rings. The summed E-state index contributed by atoms with van der Waals surface area (Å²) in [5.41, 5.74) is 0. The van der Waals surface area contributed by atoms with Gasteiger partial charge in [-0.3, -0.25) is 4.79 Å². The molecule has 0 aliphatic carbocycles. The highest BCUT2D eigenvalue weighted by molar-refractivity contribution is 5.73. The summed E-state index contributed by atoms with van der Waals surface area (Å²) in [6, 6.07) is 0.124. The van der Waals surface area contributed by atoms with E-state index in [4.69, 9.17) is 5.11 Å². The van der Waals surface area contributed by atoms with Gasteiger partial charge in [-0.05, 0) is 39.8 Å². The van der Waals surface area contributed by atoms with Crippen LogP contribution in [0.3, 0.4) is 0 Å². The third kappa shape index (κ3) is 10.3. The van der Waals surface area contributed by atoms with Crippen LogP contribution in [-0.4, -0.2) is 55.2 Å². The summed E-state index contributed by atoms with van der Waals surface area (Å²) >= 11 is 0. The van der Waals surface area contributed by atoms with Gasteiger partial charge in [0.25, 0.3) is 0 Å². The normalized spacial score (nSPS) is 13.9. The van der Waals surface area contributed by atoms with Crippen molar-refractivity contribution < 1.29 is 14.7 Å². The van der Waals surface area contributed by atoms with E-state index in [1.54, 1.807) is 0 Å². The molecule has 0 saturated carbocycles. The predicted octanol–water partition coefficient (Wildman–Crippen LogP) is 1.13. The van der Waals surface area contributed by atoms with Gasteiger partial charge in [-0.1, -0.05) is 6.92 Å². The maximum atomic E-state index is 11.5. The van der Waals surface area contributed by atoms with E-state index in [0.717, 1.165) is 6.42 Å². The van der Waals surface area contributed by atoms with Gasteiger partial charge in [0, 0.05) is 25.6 Å². The van der Waals surface area contributed by atoms with E-state index in [2.05, 4.69) is 10.6 Å². The lowest BCUT2D eigenvalue weighted by Gasteiger charge is -2.20. The first-order valence-electron chi connectivity index (χ1n) is 6.72. The second-order valence-corrected chi connectivity index (χ2v) is 5.28. The van der Waals surface area contributed by atoms with E-state index < -0.39 is 5.97 Å². The molecule has 0 spiro atoms. The first-order valence-corrected chi connectivity index (χ1v) is 6.72. The number of nitrogens with one attached hydrogen (secondary N) is 2. The van der Waals surface area contributed by atoms with Crippen LogP contribution in [0.1, 0.15) is 33.1 Å². The van der Waals surface area contributed by atoms with Gasteiger partial charge in [-0.2, -0.15) is 0 Å². The van der Waals surface area contributed by atoms with Crippen molar-refractivity contribution in [3.8, 4) is 0 Å². The third-order valence-electron chi connectivity index (χ3n) is 3.21. The molecule has 2 atom stereocenters. The van der Waals surface area contributed by atoms with Gasteiger partial charge >= 0.3 is 12.0 Å². The van der Waals surface area contributed by atoms with Crippen molar-refractivity contribution in [2.45, 2.75) is 39.2 Å². The van der Waals surface area contributed by atoms with Gasteiger partial charge in [0.1, 0.15) is 0 Å². The van der Waals surface area contributed by atoms with Crippen molar-refractivity contribution in [2.24, 2.45) is 5.92 Å². The quantitative estimate of drug-likeness (QED) is 0.588. The number of rotatable bonds is 9. The predicted molar refractivity (Wildman–Crippen MR) is 75.2 cm³/mol. The molecule has 0 aliphatic rings. The van der Waals surface area contributed by atoms with E-state index in [1.807, 2.05) is 32.8 Å². The highest BCUT2D eigenvalue weighted by Gasteiger charge is 2.08. The summed E-state index contributed by atoms with van der Waals surface area (Å²) in [6.07, 6.45) is 1.63. The Morgan fingerprint density at radius 2 is 1.79 bits per heavy atom. The Morgan fingerprint density at radius 3 is 2.32 bits per heavy atom. The first kappa shape index (κ1) is 17.7. The monoisotopic (exact) mass is 273 g/mol. The number of carboxylic acid groups (broad SMARTS) is 1. The number of amides is 2. The van der Waals surface area contributed by atoms with Crippen LogP contribution in [0, 0.1) is 5.92 Å². The van der Waals surface area contributed by atoms with Crippen LogP contribution in [0.5, 0.6) is 0 Å². The highest BCUT2D eigenvalue weighted by Crippen LogP contribution is 2.08. The molecule has 112 valence electrons. The Hall–Kier alpha value is -1.30. The molecule has 0 heterocycles. The summed E-state index contributed by atoms with van der Waals surface area (Å²) in [4.78, 5) is 23.9. The Kier molecular flexibility index (Phi) is 8.95. The fourth-order valence-corrected chi connectivity index (χ4v) is 1.43. The molecule has 2 unspecified atom stereocenters. The van der Waals surface area contributed by atoms with Crippen molar-refractivity contribution in [3.63, 3.8) is 0 Å². The molecular weight excluding hydrogens is 246 g/mol. The third-order valence-corrected chi connectivity index (χ3v) is 3.21. The minimum absolute atomic E-state index is 0.167. The molecule has 0 saturated heterocycles. The topological polar surface area (TPSA) is 81.7 Å². The fourth-order valence-electron chi connectivity index (χ4n) is 1.43. The SMILES string of the molecule is CC(CCNC(=O)NCC(C)N(C)C)CCC(=O)O. The molecule has 0 rings (SSSR count). The van der Waals surface area contributed by atoms with Gasteiger partial charge in [0.2, 0.25) is 0 Å². The van der Waals surface area contributed by atoms with Crippen LogP contribution >= 0.6 is 0 Å². The zero-order valence-electron chi connectivity index (χ0n) is 12.4. The smallest absolute Gasteiger partial charge is 0.314 e. The molecule has 6 nitrogen and oxygen atoms in total. The van der Waals surface area contributed by atoms with Crippen molar-refractivity contribution in [1.29, 1.82) is 0 Å². The number of likely N-dealkylation sites (N-methyl/N-ethyl adjacent to an activating group) is 1. The van der Waals surface area contributed by atoms with Crippen LogP contribution in [0.15, 0.2) is 0 Å². The number of aliphatic carboxylic acids is 1. The Balaban J connectivity index is 3.60. The summed E-state index contributed by atoms with van der Waals surface area (Å²) in [7, 11) is 3.93. The number of hydrogen-bond donors (Lipinski definition) is 3. The zero-order chi connectivity index (χ0) is 14.8. The average Bonchev–Trinajstić information content (AvgIpc) is 2.33. The van der Waals surface area contributed by atoms with Crippen LogP contribution in [0.2, 0.25) is 0 Å². The summed E-state index contributed by atoms with van der Waals surface area (Å²) in [5.74, 6) is -0.465. The zero-order valence-corrected chi connectivity index (χ0v) is 12.4. The van der Waals surface area contributed by atoms with E-state index in [0.29, 0.717) is 31.5 Å². The minimum atomic E-state index is -0.768. The minimum Gasteiger partial charge on any atom is -0.481 e. The van der Waals surface area contributed by atoms with Crippen molar-refractivity contribution >= 4 is 12.0 Å². The van der Waals surface area contributed by atoms with Gasteiger partial charge < -0.3 is 20.6 Å². The lowest BCUT2D eigenvalue weighted by Crippen LogP contribution is -2.43. The number of carboxylic acids is 1. The second kappa shape index (κ2) is 9.61. The molecule has 0 radical (unpaired) electrons. The second-order valence-electron chi connectivity index (χ2n) is 5.28. The first-order chi connectivity index (χ1) is 8.82. The summed E-state index contributed by atoms with van der Waals surface area (Å²) in [5, 5.41) is 14.1. The van der Waals surface area contributed by atoms with Crippen LogP contribution in [-0.2, 0) is 4.79 Å². The number of carbonyl (C=O) groups is 2. The van der Waals surface area contributed by atoms with Crippen LogP contribution in [0.25, 0.3) is 0 Å². The van der Waals surface area contributed by atoms with Crippen molar-refractivity contribution in [2.75, 3.05) is 27.2 Å². The maximum absolute atomic E-state index is 11.5. The van der Waals surface area contributed by atoms with E-state index in [9.17, 15) is 9.59 Å². The number of carbonyl (C=O) groups excluding carboxylic acids is 1. The number of urea groups is 1. The number of nitrogens with zero attached hydrogens (tertiary/aromatic N) is 1. The Bertz CT molecular complexity index is 282. The largest absolute Gasteiger partial charge is 0.481 e. The van der Waals surface area contributed by atoms with Crippen molar-refractivity contribution in [3.05, 3.63) is 0 Å². The molecule has 0 aromatic carbocycles. The molecule has 0 bridgehead atoms. The van der Waals surface area contributed by atoms with Crippen molar-refractivity contribution in [1.82, 2.24) is 15.5 Å². The molecule has 2 amide bonds. The van der Waals surface area contributed by atoms with Gasteiger partial charge in [0.15, 0.2) is 0 Å². The van der Waals surface area contributed by atoms with Crippen LogP contribution in [0.4, 0.5) is 4.79 Å². The van der Waals surface area contributed by atoms with Gasteiger partial charge in [-0.15, -0.1) is 0 Å². The lowest BCUT2D eigenvalue weighted by molar-refractivity contribution is -0.137. The average molecular weight is 273 g/mol. The molecule has 0 aromatic heterocycles. The molecule has 0 aromatic rings. The Morgan fingerprint density at radius 1 is 1.16 bits per heavy atom. The standard InChI is InChI=1S/C13H27N3O3/c1-10(5-6-12(17)18)7-8-14-13(19)15-9-11(2)16(3)4/h10-11H,5-9H2,1-4H3,(H,17,18)(H2,14,15,19). The molecule has 0 aliphatic heterocycles. The van der Waals surface area contributed by atoms with E-state index in [1.165, 1.54) is 0 Å². The molecule has 19 heavy (non-hydrogen) atoms. The molecular formula is C13H27N3O3. The Labute approximate surface area is 115 Å². The highest BCUT2D eigenvalue weighted by atomic mass is 16.4.